The number of pyridine rings is 1. The molecule has 0 aromatic carbocycles. The number of rotatable bonds is 1. The molecular formula is C7H8N2S. The standard InChI is InChI=1S/C7H8N2S/c1-2-8-6-4-3-5-9-7(6)10/h2-5H,1H3,(H,9,10). The van der Waals surface area contributed by atoms with Crippen LogP contribution in [-0.2, 0) is 0 Å². The third kappa shape index (κ3) is 1.51. The fourth-order valence-corrected chi connectivity index (χ4v) is 0.842. The van der Waals surface area contributed by atoms with E-state index >= 15 is 0 Å². The Hall–Kier alpha value is -0.960. The van der Waals surface area contributed by atoms with Gasteiger partial charge in [0.05, 0.1) is 5.69 Å². The fraction of sp³-hybridized carbons (Fsp3) is 0.143. The number of nitrogens with one attached hydrogen (secondary N) is 1. The van der Waals surface area contributed by atoms with E-state index in [1.54, 1.807) is 12.4 Å². The zero-order valence-electron chi connectivity index (χ0n) is 5.66. The molecule has 1 heterocycles. The average Bonchev–Trinajstić information content (AvgIpc) is 1.94. The van der Waals surface area contributed by atoms with Crippen LogP contribution in [-0.4, -0.2) is 11.2 Å². The van der Waals surface area contributed by atoms with Gasteiger partial charge >= 0.3 is 0 Å². The molecule has 10 heavy (non-hydrogen) atoms. The predicted molar refractivity (Wildman–Crippen MR) is 45.5 cm³/mol. The summed E-state index contributed by atoms with van der Waals surface area (Å²) in [7, 11) is 0. The molecule has 0 radical (unpaired) electrons. The molecule has 2 nitrogen and oxygen atoms in total. The maximum atomic E-state index is 4.95. The second kappa shape index (κ2) is 3.27. The fourth-order valence-electron chi connectivity index (χ4n) is 0.653. The van der Waals surface area contributed by atoms with Crippen molar-refractivity contribution in [2.24, 2.45) is 4.99 Å². The highest BCUT2D eigenvalue weighted by Gasteiger charge is 1.85. The van der Waals surface area contributed by atoms with E-state index in [0.717, 1.165) is 5.69 Å². The summed E-state index contributed by atoms with van der Waals surface area (Å²) in [6.07, 6.45) is 3.51. The summed E-state index contributed by atoms with van der Waals surface area (Å²) in [6.45, 7) is 1.86. The van der Waals surface area contributed by atoms with Crippen molar-refractivity contribution in [1.29, 1.82) is 0 Å². The molecule has 1 N–H and O–H groups in total. The monoisotopic (exact) mass is 152 g/mol. The molecule has 0 amide bonds. The summed E-state index contributed by atoms with van der Waals surface area (Å²) < 4.78 is 0.681. The minimum absolute atomic E-state index is 0.681. The summed E-state index contributed by atoms with van der Waals surface area (Å²) in [6, 6.07) is 3.75. The first-order valence-corrected chi connectivity index (χ1v) is 3.42. The van der Waals surface area contributed by atoms with E-state index in [0.29, 0.717) is 4.64 Å². The number of aromatic nitrogens is 1. The molecule has 0 bridgehead atoms. The quantitative estimate of drug-likeness (QED) is 0.486. The van der Waals surface area contributed by atoms with Crippen LogP contribution in [0.4, 0.5) is 5.69 Å². The van der Waals surface area contributed by atoms with Crippen LogP contribution in [0.25, 0.3) is 0 Å². The molecule has 1 rings (SSSR count). The van der Waals surface area contributed by atoms with Gasteiger partial charge in [-0.2, -0.15) is 0 Å². The summed E-state index contributed by atoms with van der Waals surface area (Å²) in [5, 5.41) is 0. The lowest BCUT2D eigenvalue weighted by molar-refractivity contribution is 1.28. The van der Waals surface area contributed by atoms with E-state index in [-0.39, 0.29) is 0 Å². The summed E-state index contributed by atoms with van der Waals surface area (Å²) in [5.74, 6) is 0. The molecule has 0 saturated carbocycles. The molecule has 52 valence electrons. The third-order valence-electron chi connectivity index (χ3n) is 1.07. The lowest BCUT2D eigenvalue weighted by Gasteiger charge is -1.89. The van der Waals surface area contributed by atoms with Crippen molar-refractivity contribution in [3.63, 3.8) is 0 Å². The van der Waals surface area contributed by atoms with Crippen LogP contribution in [0.3, 0.4) is 0 Å². The van der Waals surface area contributed by atoms with Gasteiger partial charge in [0.1, 0.15) is 4.64 Å². The van der Waals surface area contributed by atoms with Crippen molar-refractivity contribution < 1.29 is 0 Å². The SMILES string of the molecule is CC=Nc1ccc[nH]c1=S. The minimum atomic E-state index is 0.681. The highest BCUT2D eigenvalue weighted by Crippen LogP contribution is 2.09. The molecular weight excluding hydrogens is 144 g/mol. The third-order valence-corrected chi connectivity index (χ3v) is 1.39. The van der Waals surface area contributed by atoms with Crippen LogP contribution < -0.4 is 0 Å². The van der Waals surface area contributed by atoms with E-state index in [9.17, 15) is 0 Å². The zero-order valence-corrected chi connectivity index (χ0v) is 6.48. The van der Waals surface area contributed by atoms with Gasteiger partial charge in [0.25, 0.3) is 0 Å². The number of aromatic amines is 1. The van der Waals surface area contributed by atoms with Crippen molar-refractivity contribution in [3.05, 3.63) is 23.0 Å². The van der Waals surface area contributed by atoms with Gasteiger partial charge in [0.15, 0.2) is 0 Å². The molecule has 3 heteroatoms. The van der Waals surface area contributed by atoms with Crippen LogP contribution >= 0.6 is 12.2 Å². The highest BCUT2D eigenvalue weighted by atomic mass is 32.1. The molecule has 0 saturated heterocycles. The first kappa shape index (κ1) is 7.15. The Morgan fingerprint density at radius 1 is 1.70 bits per heavy atom. The van der Waals surface area contributed by atoms with Gasteiger partial charge in [0.2, 0.25) is 0 Å². The molecule has 0 fully saturated rings. The van der Waals surface area contributed by atoms with E-state index in [1.807, 2.05) is 19.1 Å². The topological polar surface area (TPSA) is 28.1 Å². The van der Waals surface area contributed by atoms with Gasteiger partial charge in [-0.3, -0.25) is 4.99 Å². The van der Waals surface area contributed by atoms with E-state index < -0.39 is 0 Å². The molecule has 0 unspecified atom stereocenters. The Morgan fingerprint density at radius 2 is 2.50 bits per heavy atom. The molecule has 0 aliphatic carbocycles. The Bertz CT molecular complexity index is 288. The second-order valence-corrected chi connectivity index (χ2v) is 2.18. The number of hydrogen-bond acceptors (Lipinski definition) is 2. The van der Waals surface area contributed by atoms with Gasteiger partial charge < -0.3 is 4.98 Å². The zero-order chi connectivity index (χ0) is 7.40. The van der Waals surface area contributed by atoms with Crippen molar-refractivity contribution in [2.45, 2.75) is 6.92 Å². The van der Waals surface area contributed by atoms with Crippen molar-refractivity contribution in [1.82, 2.24) is 4.98 Å². The summed E-state index contributed by atoms with van der Waals surface area (Å²) >= 11 is 4.95. The molecule has 1 aromatic rings. The smallest absolute Gasteiger partial charge is 0.129 e. The van der Waals surface area contributed by atoms with Gasteiger partial charge in [-0.05, 0) is 19.1 Å². The Balaban J connectivity index is 3.16. The lowest BCUT2D eigenvalue weighted by Crippen LogP contribution is -1.72. The predicted octanol–water partition coefficient (Wildman–Crippen LogP) is 2.47. The van der Waals surface area contributed by atoms with E-state index in [2.05, 4.69) is 9.98 Å². The lowest BCUT2D eigenvalue weighted by atomic mass is 10.4. The maximum absolute atomic E-state index is 4.95. The van der Waals surface area contributed by atoms with Crippen molar-refractivity contribution in [2.75, 3.05) is 0 Å². The average molecular weight is 152 g/mol. The Labute approximate surface area is 64.6 Å². The van der Waals surface area contributed by atoms with Crippen LogP contribution in [0.5, 0.6) is 0 Å². The van der Waals surface area contributed by atoms with Gasteiger partial charge in [-0.25, -0.2) is 0 Å². The summed E-state index contributed by atoms with van der Waals surface area (Å²) in [4.78, 5) is 6.93. The minimum Gasteiger partial charge on any atom is -0.351 e. The first-order chi connectivity index (χ1) is 4.84. The molecule has 1 aromatic heterocycles. The van der Waals surface area contributed by atoms with Gasteiger partial charge in [0, 0.05) is 12.4 Å². The Morgan fingerprint density at radius 3 is 3.10 bits per heavy atom. The van der Waals surface area contributed by atoms with Crippen LogP contribution in [0.1, 0.15) is 6.92 Å². The largest absolute Gasteiger partial charge is 0.351 e. The maximum Gasteiger partial charge on any atom is 0.129 e. The van der Waals surface area contributed by atoms with Crippen LogP contribution in [0, 0.1) is 4.64 Å². The first-order valence-electron chi connectivity index (χ1n) is 3.01. The number of H-pyrrole nitrogens is 1. The van der Waals surface area contributed by atoms with Gasteiger partial charge in [-0.15, -0.1) is 0 Å². The van der Waals surface area contributed by atoms with Crippen LogP contribution in [0.2, 0.25) is 0 Å². The molecule has 0 atom stereocenters. The molecule has 0 aliphatic rings. The molecule has 0 spiro atoms. The normalized spacial score (nSPS) is 10.5. The van der Waals surface area contributed by atoms with Crippen molar-refractivity contribution >= 4 is 24.1 Å². The molecule has 0 aliphatic heterocycles. The Kier molecular flexibility index (Phi) is 2.34. The number of aliphatic imine (C=N–C) groups is 1. The van der Waals surface area contributed by atoms with Gasteiger partial charge in [-0.1, -0.05) is 12.2 Å². The number of nitrogens with zero attached hydrogens (tertiary/aromatic N) is 1. The summed E-state index contributed by atoms with van der Waals surface area (Å²) in [5.41, 5.74) is 0.819. The van der Waals surface area contributed by atoms with Crippen LogP contribution in [0.15, 0.2) is 23.3 Å². The number of hydrogen-bond donors (Lipinski definition) is 1. The van der Waals surface area contributed by atoms with E-state index in [4.69, 9.17) is 12.2 Å². The highest BCUT2D eigenvalue weighted by molar-refractivity contribution is 7.71. The second-order valence-electron chi connectivity index (χ2n) is 1.77. The van der Waals surface area contributed by atoms with E-state index in [1.165, 1.54) is 0 Å². The van der Waals surface area contributed by atoms with Crippen molar-refractivity contribution in [3.8, 4) is 0 Å².